The molecule has 0 bridgehead atoms. The number of ether oxygens (including phenoxy) is 1. The van der Waals surface area contributed by atoms with E-state index in [1.165, 1.54) is 12.3 Å². The van der Waals surface area contributed by atoms with Gasteiger partial charge in [0.1, 0.15) is 8.07 Å². The monoisotopic (exact) mass is 310 g/mol. The molecule has 0 fully saturated rings. The van der Waals surface area contributed by atoms with E-state index in [1.807, 2.05) is 60.7 Å². The van der Waals surface area contributed by atoms with E-state index in [4.69, 9.17) is 4.74 Å². The summed E-state index contributed by atoms with van der Waals surface area (Å²) in [6, 6.07) is 20.3. The van der Waals surface area contributed by atoms with Gasteiger partial charge in [0.15, 0.2) is 0 Å². The zero-order chi connectivity index (χ0) is 16.0. The van der Waals surface area contributed by atoms with Crippen molar-refractivity contribution in [1.29, 1.82) is 0 Å². The molecule has 22 heavy (non-hydrogen) atoms. The number of esters is 1. The van der Waals surface area contributed by atoms with Gasteiger partial charge in [-0.05, 0) is 5.56 Å². The molecule has 114 valence electrons. The van der Waals surface area contributed by atoms with E-state index in [0.717, 1.165) is 5.56 Å². The van der Waals surface area contributed by atoms with Gasteiger partial charge in [-0.3, -0.25) is 4.79 Å². The molecule has 0 amide bonds. The topological polar surface area (TPSA) is 26.3 Å². The Hall–Kier alpha value is -2.13. The van der Waals surface area contributed by atoms with Gasteiger partial charge >= 0.3 is 5.97 Å². The number of benzene rings is 2. The summed E-state index contributed by atoms with van der Waals surface area (Å²) in [4.78, 5) is 12.3. The molecule has 0 aromatic heterocycles. The lowest BCUT2D eigenvalue weighted by Crippen LogP contribution is -2.48. The molecule has 0 aliphatic heterocycles. The molecule has 2 rings (SSSR count). The first kappa shape index (κ1) is 16.2. The number of methoxy groups -OCH3 is 1. The fraction of sp³-hybridized carbons (Fsp3) is 0.211. The highest BCUT2D eigenvalue weighted by Gasteiger charge is 2.37. The van der Waals surface area contributed by atoms with Crippen LogP contribution in [0.4, 0.5) is 0 Å². The SMILES string of the molecule is COC(=O)[C@@H](/C=C/c1ccccc1)[Si](C)(C)c1ccccc1. The van der Waals surface area contributed by atoms with Gasteiger partial charge in [0.2, 0.25) is 0 Å². The average Bonchev–Trinajstić information content (AvgIpc) is 2.56. The van der Waals surface area contributed by atoms with Gasteiger partial charge in [-0.2, -0.15) is 0 Å². The molecule has 0 heterocycles. The first-order valence-electron chi connectivity index (χ1n) is 7.42. The summed E-state index contributed by atoms with van der Waals surface area (Å²) < 4.78 is 5.05. The van der Waals surface area contributed by atoms with Crippen molar-refractivity contribution < 1.29 is 9.53 Å². The fourth-order valence-electron chi connectivity index (χ4n) is 2.56. The Morgan fingerprint density at radius 2 is 1.55 bits per heavy atom. The predicted octanol–water partition coefficient (Wildman–Crippen LogP) is 3.86. The molecule has 0 unspecified atom stereocenters. The summed E-state index contributed by atoms with van der Waals surface area (Å²) in [5.41, 5.74) is 0.884. The molecular formula is C19H22O2Si. The first-order chi connectivity index (χ1) is 10.6. The van der Waals surface area contributed by atoms with E-state index in [2.05, 4.69) is 25.2 Å². The molecular weight excluding hydrogens is 288 g/mol. The maximum atomic E-state index is 12.3. The number of hydrogen-bond donors (Lipinski definition) is 0. The van der Waals surface area contributed by atoms with Crippen LogP contribution in [0.5, 0.6) is 0 Å². The van der Waals surface area contributed by atoms with Crippen molar-refractivity contribution >= 4 is 25.3 Å². The van der Waals surface area contributed by atoms with Crippen LogP contribution in [0.1, 0.15) is 5.56 Å². The molecule has 2 aromatic carbocycles. The zero-order valence-corrected chi connectivity index (χ0v) is 14.3. The van der Waals surface area contributed by atoms with Crippen molar-refractivity contribution in [3.8, 4) is 0 Å². The Morgan fingerprint density at radius 3 is 2.09 bits per heavy atom. The van der Waals surface area contributed by atoms with Gasteiger partial charge in [-0.15, -0.1) is 0 Å². The minimum Gasteiger partial charge on any atom is -0.469 e. The van der Waals surface area contributed by atoms with Gasteiger partial charge in [0.05, 0.1) is 12.7 Å². The van der Waals surface area contributed by atoms with Gasteiger partial charge < -0.3 is 4.74 Å². The molecule has 0 spiro atoms. The van der Waals surface area contributed by atoms with Crippen molar-refractivity contribution in [2.75, 3.05) is 7.11 Å². The lowest BCUT2D eigenvalue weighted by atomic mass is 10.2. The molecule has 2 nitrogen and oxygen atoms in total. The van der Waals surface area contributed by atoms with Gasteiger partial charge in [0, 0.05) is 0 Å². The van der Waals surface area contributed by atoms with Crippen LogP contribution in [0.2, 0.25) is 18.6 Å². The Balaban J connectivity index is 2.34. The number of carbonyl (C=O) groups is 1. The van der Waals surface area contributed by atoms with Crippen LogP contribution in [-0.4, -0.2) is 21.2 Å². The van der Waals surface area contributed by atoms with Crippen LogP contribution in [-0.2, 0) is 9.53 Å². The summed E-state index contributed by atoms with van der Waals surface area (Å²) in [5.74, 6) is -0.160. The standard InChI is InChI=1S/C19H22O2Si/c1-21-19(20)18(15-14-16-10-6-4-7-11-16)22(2,3)17-12-8-5-9-13-17/h4-15,18H,1-3H3/b15-14+/t18-/m1/s1. The summed E-state index contributed by atoms with van der Waals surface area (Å²) in [5, 5.41) is 1.25. The first-order valence-corrected chi connectivity index (χ1v) is 10.5. The Labute approximate surface area is 133 Å². The summed E-state index contributed by atoms with van der Waals surface area (Å²) in [6.45, 7) is 4.42. The van der Waals surface area contributed by atoms with E-state index in [0.29, 0.717) is 0 Å². The van der Waals surface area contributed by atoms with E-state index >= 15 is 0 Å². The molecule has 0 radical (unpaired) electrons. The smallest absolute Gasteiger partial charge is 0.310 e. The lowest BCUT2D eigenvalue weighted by molar-refractivity contribution is -0.139. The van der Waals surface area contributed by atoms with Crippen molar-refractivity contribution in [2.45, 2.75) is 18.6 Å². The van der Waals surface area contributed by atoms with Crippen LogP contribution < -0.4 is 5.19 Å². The van der Waals surface area contributed by atoms with E-state index in [9.17, 15) is 4.79 Å². The molecule has 0 aliphatic carbocycles. The summed E-state index contributed by atoms with van der Waals surface area (Å²) in [7, 11) is -0.549. The molecule has 0 saturated carbocycles. The molecule has 1 atom stereocenters. The minimum absolute atomic E-state index is 0.160. The largest absolute Gasteiger partial charge is 0.469 e. The number of rotatable bonds is 5. The summed E-state index contributed by atoms with van der Waals surface area (Å²) in [6.07, 6.45) is 4.01. The normalized spacial score (nSPS) is 13.0. The highest BCUT2D eigenvalue weighted by atomic mass is 28.3. The van der Waals surface area contributed by atoms with Crippen molar-refractivity contribution in [1.82, 2.24) is 0 Å². The second-order valence-electron chi connectivity index (χ2n) is 5.86. The van der Waals surface area contributed by atoms with Crippen LogP contribution in [0.3, 0.4) is 0 Å². The third-order valence-electron chi connectivity index (χ3n) is 4.03. The van der Waals surface area contributed by atoms with Gasteiger partial charge in [-0.25, -0.2) is 0 Å². The van der Waals surface area contributed by atoms with Crippen molar-refractivity contribution in [3.05, 3.63) is 72.3 Å². The van der Waals surface area contributed by atoms with Crippen LogP contribution in [0, 0.1) is 0 Å². The third kappa shape index (κ3) is 3.74. The Morgan fingerprint density at radius 1 is 1.00 bits per heavy atom. The van der Waals surface area contributed by atoms with Crippen LogP contribution in [0.25, 0.3) is 6.08 Å². The van der Waals surface area contributed by atoms with E-state index < -0.39 is 8.07 Å². The van der Waals surface area contributed by atoms with Gasteiger partial charge in [0.25, 0.3) is 0 Å². The van der Waals surface area contributed by atoms with Crippen LogP contribution >= 0.6 is 0 Å². The Kier molecular flexibility index (Phi) is 5.34. The zero-order valence-electron chi connectivity index (χ0n) is 13.3. The maximum absolute atomic E-state index is 12.3. The molecule has 0 saturated heterocycles. The summed E-state index contributed by atoms with van der Waals surface area (Å²) >= 11 is 0. The highest BCUT2D eigenvalue weighted by Crippen LogP contribution is 2.26. The average molecular weight is 310 g/mol. The predicted molar refractivity (Wildman–Crippen MR) is 94.8 cm³/mol. The molecule has 3 heteroatoms. The number of hydrogen-bond acceptors (Lipinski definition) is 2. The van der Waals surface area contributed by atoms with E-state index in [-0.39, 0.29) is 11.5 Å². The third-order valence-corrected chi connectivity index (χ3v) is 7.84. The highest BCUT2D eigenvalue weighted by molar-refractivity contribution is 6.93. The fourth-order valence-corrected chi connectivity index (χ4v) is 5.25. The minimum atomic E-state index is -2.01. The molecule has 0 aliphatic rings. The molecule has 2 aromatic rings. The van der Waals surface area contributed by atoms with Crippen molar-refractivity contribution in [3.63, 3.8) is 0 Å². The van der Waals surface area contributed by atoms with Crippen molar-refractivity contribution in [2.24, 2.45) is 0 Å². The quantitative estimate of drug-likeness (QED) is 0.619. The number of carbonyl (C=O) groups excluding carboxylic acids is 1. The maximum Gasteiger partial charge on any atom is 0.310 e. The second-order valence-corrected chi connectivity index (χ2v) is 10.5. The van der Waals surface area contributed by atoms with E-state index in [1.54, 1.807) is 0 Å². The second kappa shape index (κ2) is 7.23. The van der Waals surface area contributed by atoms with Crippen LogP contribution in [0.15, 0.2) is 66.7 Å². The van der Waals surface area contributed by atoms with Gasteiger partial charge in [-0.1, -0.05) is 91.1 Å². The molecule has 0 N–H and O–H groups in total. The lowest BCUT2D eigenvalue weighted by Gasteiger charge is -2.29. The Bertz CT molecular complexity index is 633.